The number of benzene rings is 2. The quantitative estimate of drug-likeness (QED) is 0.557. The van der Waals surface area contributed by atoms with Crippen molar-refractivity contribution in [3.8, 4) is 28.3 Å². The molecule has 2 aliphatic heterocycles. The van der Waals surface area contributed by atoms with E-state index in [9.17, 15) is 4.79 Å². The maximum absolute atomic E-state index is 12.8. The smallest absolute Gasteiger partial charge is 0.197 e. The molecule has 1 aromatic heterocycles. The van der Waals surface area contributed by atoms with Crippen molar-refractivity contribution < 1.29 is 14.2 Å². The van der Waals surface area contributed by atoms with Gasteiger partial charge in [0, 0.05) is 23.7 Å². The molecule has 0 unspecified atom stereocenters. The van der Waals surface area contributed by atoms with Crippen molar-refractivity contribution in [2.45, 2.75) is 45.8 Å². The van der Waals surface area contributed by atoms with Gasteiger partial charge >= 0.3 is 0 Å². The number of pyridine rings is 1. The van der Waals surface area contributed by atoms with Gasteiger partial charge in [-0.05, 0) is 41.5 Å². The standard InChI is InChI=1S/C28H31NO4/c1-18(2)20-4-6-21(7-5-20)22-8-9-25-23(14-22)10-11-29-27(15-26(30)19(3)28(25)29)33-17-24-16-31-12-13-32-24/h4-9,14-15,18,24H,10-13,16-17H2,1-3H3/t24-/m0/s1. The molecule has 5 rings (SSSR count). The van der Waals surface area contributed by atoms with Crippen molar-refractivity contribution in [3.05, 3.63) is 75.4 Å². The fraction of sp³-hybridized carbons (Fsp3) is 0.393. The third kappa shape index (κ3) is 4.35. The third-order valence-corrected chi connectivity index (χ3v) is 6.69. The monoisotopic (exact) mass is 445 g/mol. The molecular formula is C28H31NO4. The Bertz CT molecular complexity index is 1200. The molecule has 0 aliphatic carbocycles. The van der Waals surface area contributed by atoms with Crippen molar-refractivity contribution in [3.63, 3.8) is 0 Å². The van der Waals surface area contributed by atoms with Gasteiger partial charge in [0.1, 0.15) is 12.7 Å². The van der Waals surface area contributed by atoms with Crippen LogP contribution in [0.5, 0.6) is 5.88 Å². The lowest BCUT2D eigenvalue weighted by Gasteiger charge is -2.28. The molecule has 0 saturated carbocycles. The van der Waals surface area contributed by atoms with Crippen LogP contribution in [0.1, 0.15) is 36.5 Å². The Morgan fingerprint density at radius 2 is 1.85 bits per heavy atom. The average molecular weight is 446 g/mol. The molecule has 3 heterocycles. The fourth-order valence-electron chi connectivity index (χ4n) is 4.73. The van der Waals surface area contributed by atoms with Gasteiger partial charge in [-0.25, -0.2) is 0 Å². The summed E-state index contributed by atoms with van der Waals surface area (Å²) < 4.78 is 19.4. The Balaban J connectivity index is 1.47. The maximum atomic E-state index is 12.8. The number of ether oxygens (including phenoxy) is 3. The lowest BCUT2D eigenvalue weighted by Crippen LogP contribution is -2.34. The number of aromatic nitrogens is 1. The van der Waals surface area contributed by atoms with Crippen molar-refractivity contribution >= 4 is 0 Å². The number of rotatable bonds is 5. The highest BCUT2D eigenvalue weighted by Gasteiger charge is 2.23. The molecule has 1 saturated heterocycles. The first kappa shape index (κ1) is 21.9. The van der Waals surface area contributed by atoms with Crippen LogP contribution in [0.2, 0.25) is 0 Å². The maximum Gasteiger partial charge on any atom is 0.197 e. The van der Waals surface area contributed by atoms with Gasteiger partial charge in [-0.15, -0.1) is 0 Å². The molecule has 5 heteroatoms. The molecule has 33 heavy (non-hydrogen) atoms. The van der Waals surface area contributed by atoms with E-state index in [1.165, 1.54) is 22.3 Å². The highest BCUT2D eigenvalue weighted by atomic mass is 16.6. The molecule has 5 nitrogen and oxygen atoms in total. The molecule has 0 N–H and O–H groups in total. The Hall–Kier alpha value is -2.89. The van der Waals surface area contributed by atoms with Gasteiger partial charge in [-0.3, -0.25) is 4.79 Å². The number of nitrogens with zero attached hydrogens (tertiary/aromatic N) is 1. The van der Waals surface area contributed by atoms with Gasteiger partial charge in [-0.1, -0.05) is 56.3 Å². The van der Waals surface area contributed by atoms with Crippen molar-refractivity contribution in [2.24, 2.45) is 0 Å². The van der Waals surface area contributed by atoms with Crippen LogP contribution < -0.4 is 10.2 Å². The van der Waals surface area contributed by atoms with E-state index in [0.29, 0.717) is 38.2 Å². The van der Waals surface area contributed by atoms with E-state index in [4.69, 9.17) is 14.2 Å². The largest absolute Gasteiger partial charge is 0.476 e. The molecule has 3 aromatic rings. The fourth-order valence-corrected chi connectivity index (χ4v) is 4.73. The van der Waals surface area contributed by atoms with Crippen molar-refractivity contribution in [2.75, 3.05) is 26.4 Å². The lowest BCUT2D eigenvalue weighted by atomic mass is 9.90. The second kappa shape index (κ2) is 9.16. The number of hydrogen-bond donors (Lipinski definition) is 0. The van der Waals surface area contributed by atoms with E-state index < -0.39 is 0 Å². The van der Waals surface area contributed by atoms with Crippen LogP contribution in [-0.2, 0) is 22.4 Å². The minimum Gasteiger partial charge on any atom is -0.476 e. The topological polar surface area (TPSA) is 49.7 Å². The molecule has 0 bridgehead atoms. The van der Waals surface area contributed by atoms with E-state index in [0.717, 1.165) is 29.8 Å². The predicted octanol–water partition coefficient (Wildman–Crippen LogP) is 4.96. The van der Waals surface area contributed by atoms with Crippen molar-refractivity contribution in [1.29, 1.82) is 0 Å². The van der Waals surface area contributed by atoms with Crippen LogP contribution in [0, 0.1) is 6.92 Å². The van der Waals surface area contributed by atoms with Crippen LogP contribution in [0.15, 0.2) is 53.3 Å². The Labute approximate surface area is 194 Å². The summed E-state index contributed by atoms with van der Waals surface area (Å²) in [5.41, 5.74) is 7.87. The Kier molecular flexibility index (Phi) is 6.09. The Morgan fingerprint density at radius 1 is 1.06 bits per heavy atom. The first-order valence-electron chi connectivity index (χ1n) is 11.8. The highest BCUT2D eigenvalue weighted by molar-refractivity contribution is 5.75. The SMILES string of the molecule is Cc1c2n(c(OC[C@@H]3COCCO3)cc1=O)CCc1cc(-c3ccc(C(C)C)cc3)ccc1-2. The van der Waals surface area contributed by atoms with Crippen LogP contribution >= 0.6 is 0 Å². The van der Waals surface area contributed by atoms with Crippen LogP contribution in [0.3, 0.4) is 0 Å². The Morgan fingerprint density at radius 3 is 2.58 bits per heavy atom. The summed E-state index contributed by atoms with van der Waals surface area (Å²) in [7, 11) is 0. The van der Waals surface area contributed by atoms with Gasteiger partial charge in [0.15, 0.2) is 11.3 Å². The van der Waals surface area contributed by atoms with Gasteiger partial charge in [0.2, 0.25) is 0 Å². The summed E-state index contributed by atoms with van der Waals surface area (Å²) in [6.07, 6.45) is 0.786. The minimum absolute atomic E-state index is 0.00161. The number of aryl methyl sites for hydroxylation is 1. The lowest BCUT2D eigenvalue weighted by molar-refractivity contribution is -0.102. The van der Waals surface area contributed by atoms with E-state index in [1.54, 1.807) is 6.07 Å². The van der Waals surface area contributed by atoms with Crippen LogP contribution in [0.25, 0.3) is 22.4 Å². The van der Waals surface area contributed by atoms with Crippen LogP contribution in [0.4, 0.5) is 0 Å². The van der Waals surface area contributed by atoms with E-state index in [1.807, 2.05) is 6.92 Å². The average Bonchev–Trinajstić information content (AvgIpc) is 2.85. The van der Waals surface area contributed by atoms with E-state index in [2.05, 4.69) is 60.9 Å². The molecule has 1 atom stereocenters. The number of fused-ring (bicyclic) bond motifs is 3. The summed E-state index contributed by atoms with van der Waals surface area (Å²) in [6, 6.07) is 17.0. The molecule has 1 fully saturated rings. The predicted molar refractivity (Wildman–Crippen MR) is 130 cm³/mol. The zero-order chi connectivity index (χ0) is 22.9. The summed E-state index contributed by atoms with van der Waals surface area (Å²) >= 11 is 0. The highest BCUT2D eigenvalue weighted by Crippen LogP contribution is 2.36. The zero-order valence-electron chi connectivity index (χ0n) is 19.6. The first-order chi connectivity index (χ1) is 16.0. The van der Waals surface area contributed by atoms with Crippen molar-refractivity contribution in [1.82, 2.24) is 4.57 Å². The zero-order valence-corrected chi connectivity index (χ0v) is 19.6. The molecule has 0 spiro atoms. The normalized spacial score (nSPS) is 17.5. The third-order valence-electron chi connectivity index (χ3n) is 6.69. The molecule has 0 amide bonds. The van der Waals surface area contributed by atoms with Gasteiger partial charge in [-0.2, -0.15) is 0 Å². The summed E-state index contributed by atoms with van der Waals surface area (Å²) in [4.78, 5) is 12.8. The van der Waals surface area contributed by atoms with E-state index in [-0.39, 0.29) is 11.5 Å². The number of hydrogen-bond acceptors (Lipinski definition) is 4. The van der Waals surface area contributed by atoms with Crippen LogP contribution in [-0.4, -0.2) is 37.1 Å². The summed E-state index contributed by atoms with van der Waals surface area (Å²) in [5, 5.41) is 0. The molecule has 2 aromatic carbocycles. The minimum atomic E-state index is -0.105. The molecule has 0 radical (unpaired) electrons. The van der Waals surface area contributed by atoms with Gasteiger partial charge < -0.3 is 18.8 Å². The second-order valence-electron chi connectivity index (χ2n) is 9.25. The summed E-state index contributed by atoms with van der Waals surface area (Å²) in [6.45, 7) is 9.20. The van der Waals surface area contributed by atoms with E-state index >= 15 is 0 Å². The summed E-state index contributed by atoms with van der Waals surface area (Å²) in [5.74, 6) is 1.13. The van der Waals surface area contributed by atoms with Gasteiger partial charge in [0.05, 0.1) is 25.5 Å². The molecule has 172 valence electrons. The second-order valence-corrected chi connectivity index (χ2v) is 9.25. The van der Waals surface area contributed by atoms with Gasteiger partial charge in [0.25, 0.3) is 0 Å². The molecule has 2 aliphatic rings. The first-order valence-corrected chi connectivity index (χ1v) is 11.8. The molecular weight excluding hydrogens is 414 g/mol.